The molecule has 3 amide bonds. The van der Waals surface area contributed by atoms with E-state index in [9.17, 15) is 38.7 Å². The average Bonchev–Trinajstić information content (AvgIpc) is 2.80. The highest BCUT2D eigenvalue weighted by Crippen LogP contribution is 2.38. The Morgan fingerprint density at radius 2 is 1.38 bits per heavy atom. The highest BCUT2D eigenvalue weighted by atomic mass is 16.4. The molecule has 0 aromatic rings. The number of aliphatic hydroxyl groups is 1. The first-order valence-electron chi connectivity index (χ1n) is 12.0. The monoisotopic (exact) mass is 529 g/mol. The first kappa shape index (κ1) is 33.7. The van der Waals surface area contributed by atoms with Gasteiger partial charge >= 0.3 is 11.9 Å². The van der Waals surface area contributed by atoms with E-state index in [0.717, 1.165) is 0 Å². The molecule has 37 heavy (non-hydrogen) atoms. The van der Waals surface area contributed by atoms with Gasteiger partial charge in [-0.2, -0.15) is 0 Å². The highest BCUT2D eigenvalue weighted by Gasteiger charge is 2.40. The predicted octanol–water partition coefficient (Wildman–Crippen LogP) is -0.215. The van der Waals surface area contributed by atoms with Gasteiger partial charge in [-0.1, -0.05) is 27.7 Å². The van der Waals surface area contributed by atoms with E-state index in [1.807, 2.05) is 6.92 Å². The van der Waals surface area contributed by atoms with Crippen LogP contribution in [0.3, 0.4) is 0 Å². The summed E-state index contributed by atoms with van der Waals surface area (Å²) >= 11 is 0. The summed E-state index contributed by atoms with van der Waals surface area (Å²) in [5, 5.41) is 33.3. The number of carbonyl (C=O) groups excluding carboxylic acids is 5. The summed E-state index contributed by atoms with van der Waals surface area (Å²) in [4.78, 5) is 82.5. The molecule has 2 unspecified atom stereocenters. The van der Waals surface area contributed by atoms with E-state index in [4.69, 9.17) is 10.2 Å². The molecule has 0 bridgehead atoms. The fourth-order valence-corrected chi connectivity index (χ4v) is 3.59. The maximum absolute atomic E-state index is 12.7. The van der Waals surface area contributed by atoms with Crippen LogP contribution in [0.5, 0.6) is 0 Å². The largest absolute Gasteiger partial charge is 0.479 e. The summed E-state index contributed by atoms with van der Waals surface area (Å²) in [5.41, 5.74) is -1.75. The van der Waals surface area contributed by atoms with Gasteiger partial charge in [-0.3, -0.25) is 24.0 Å². The van der Waals surface area contributed by atoms with Gasteiger partial charge in [0, 0.05) is 30.1 Å². The van der Waals surface area contributed by atoms with E-state index in [1.54, 1.807) is 33.0 Å². The third-order valence-electron chi connectivity index (χ3n) is 6.01. The van der Waals surface area contributed by atoms with Gasteiger partial charge in [0.1, 0.15) is 5.78 Å². The van der Waals surface area contributed by atoms with E-state index < -0.39 is 65.0 Å². The molecule has 0 aliphatic rings. The minimum Gasteiger partial charge on any atom is -0.479 e. The van der Waals surface area contributed by atoms with E-state index in [0.29, 0.717) is 12.8 Å². The Bertz CT molecular complexity index is 870. The second kappa shape index (κ2) is 15.0. The molecule has 0 saturated heterocycles. The Balaban J connectivity index is 4.63. The summed E-state index contributed by atoms with van der Waals surface area (Å²) < 4.78 is 0. The molecule has 0 aliphatic heterocycles. The number of carboxylic acids is 2. The maximum Gasteiger partial charge on any atom is 0.338 e. The van der Waals surface area contributed by atoms with Crippen molar-refractivity contribution in [1.82, 2.24) is 16.0 Å². The molecule has 13 heteroatoms. The zero-order valence-corrected chi connectivity index (χ0v) is 22.0. The van der Waals surface area contributed by atoms with Gasteiger partial charge in [0.25, 0.3) is 0 Å². The summed E-state index contributed by atoms with van der Waals surface area (Å²) in [6.07, 6.45) is 0.115. The van der Waals surface area contributed by atoms with Crippen LogP contribution in [0, 0.1) is 10.8 Å². The number of hydrogen-bond acceptors (Lipinski definition) is 8. The lowest BCUT2D eigenvalue weighted by Crippen LogP contribution is -2.49. The van der Waals surface area contributed by atoms with Gasteiger partial charge < -0.3 is 31.3 Å². The quantitative estimate of drug-likeness (QED) is 0.128. The first-order valence-corrected chi connectivity index (χ1v) is 12.0. The average molecular weight is 530 g/mol. The number of carbonyl (C=O) groups is 7. The van der Waals surface area contributed by atoms with Crippen LogP contribution in [0.25, 0.3) is 0 Å². The summed E-state index contributed by atoms with van der Waals surface area (Å²) in [5.74, 6) is -6.22. The van der Waals surface area contributed by atoms with Crippen LogP contribution in [0.4, 0.5) is 0 Å². The molecule has 0 aromatic carbocycles. The Kier molecular flexibility index (Phi) is 13.7. The van der Waals surface area contributed by atoms with E-state index in [1.165, 1.54) is 0 Å². The zero-order chi connectivity index (χ0) is 29.0. The van der Waals surface area contributed by atoms with E-state index >= 15 is 0 Å². The Labute approximate surface area is 215 Å². The lowest BCUT2D eigenvalue weighted by atomic mass is 9.69. The van der Waals surface area contributed by atoms with Gasteiger partial charge in [-0.05, 0) is 26.2 Å². The molecule has 0 radical (unpaired) electrons. The van der Waals surface area contributed by atoms with Crippen molar-refractivity contribution in [1.29, 1.82) is 0 Å². The zero-order valence-electron chi connectivity index (χ0n) is 22.0. The fraction of sp³-hybridized carbons (Fsp3) is 0.708. The minimum atomic E-state index is -2.16. The number of ketones is 2. The molecule has 2 atom stereocenters. The summed E-state index contributed by atoms with van der Waals surface area (Å²) in [6.45, 7) is 7.54. The van der Waals surface area contributed by atoms with Gasteiger partial charge in [0.2, 0.25) is 23.8 Å². The normalized spacial score (nSPS) is 13.7. The van der Waals surface area contributed by atoms with Crippen molar-refractivity contribution in [2.45, 2.75) is 85.3 Å². The number of aliphatic carboxylic acids is 2. The second-order valence-corrected chi connectivity index (χ2v) is 9.96. The number of rotatable bonds is 18. The Hall–Kier alpha value is -3.35. The molecule has 0 rings (SSSR count). The maximum atomic E-state index is 12.7. The lowest BCUT2D eigenvalue weighted by molar-refractivity contribution is -0.153. The van der Waals surface area contributed by atoms with Crippen LogP contribution in [0.2, 0.25) is 0 Å². The summed E-state index contributed by atoms with van der Waals surface area (Å²) in [6, 6.07) is -2.16. The van der Waals surface area contributed by atoms with Crippen molar-refractivity contribution in [2.75, 3.05) is 13.1 Å². The Morgan fingerprint density at radius 1 is 0.811 bits per heavy atom. The summed E-state index contributed by atoms with van der Waals surface area (Å²) in [7, 11) is 0. The SMILES string of the molecule is CCC(C)(CC(C)(C)C(=O)NCC(=O)CCC(=O)NCC(=O)NC(C(=O)O)C(=O)O)C(=O)CCC(C)O. The van der Waals surface area contributed by atoms with Crippen LogP contribution >= 0.6 is 0 Å². The van der Waals surface area contributed by atoms with Crippen LogP contribution in [0.15, 0.2) is 0 Å². The second-order valence-electron chi connectivity index (χ2n) is 9.96. The van der Waals surface area contributed by atoms with Crippen molar-refractivity contribution in [2.24, 2.45) is 10.8 Å². The van der Waals surface area contributed by atoms with E-state index in [2.05, 4.69) is 10.6 Å². The van der Waals surface area contributed by atoms with E-state index in [-0.39, 0.29) is 38.0 Å². The molecular formula is C24H39N3O10. The van der Waals surface area contributed by atoms with Crippen LogP contribution in [-0.4, -0.2) is 81.8 Å². The van der Waals surface area contributed by atoms with Crippen LogP contribution in [-0.2, 0) is 33.6 Å². The molecule has 6 N–H and O–H groups in total. The lowest BCUT2D eigenvalue weighted by Gasteiger charge is -2.35. The third-order valence-corrected chi connectivity index (χ3v) is 6.01. The van der Waals surface area contributed by atoms with Crippen molar-refractivity contribution < 1.29 is 48.9 Å². The Morgan fingerprint density at radius 3 is 1.86 bits per heavy atom. The first-order chi connectivity index (χ1) is 16.9. The molecule has 0 aliphatic carbocycles. The number of carboxylic acid groups (broad SMARTS) is 2. The molecule has 13 nitrogen and oxygen atoms in total. The molecule has 0 fully saturated rings. The number of Topliss-reactive ketones (excluding diaryl/α,β-unsaturated/α-hetero) is 2. The smallest absolute Gasteiger partial charge is 0.338 e. The number of amides is 3. The van der Waals surface area contributed by atoms with Crippen molar-refractivity contribution in [3.8, 4) is 0 Å². The van der Waals surface area contributed by atoms with Crippen molar-refractivity contribution in [3.63, 3.8) is 0 Å². The van der Waals surface area contributed by atoms with Crippen LogP contribution < -0.4 is 16.0 Å². The standard InChI is InChI=1S/C24H39N3O10/c1-6-24(5,16(30)9-7-14(2)28)13-23(3,4)22(37)26-11-15(29)8-10-17(31)25-12-18(32)27-19(20(33)34)21(35)36/h14,19,28H,6-13H2,1-5H3,(H,25,31)(H,26,37)(H,27,32)(H,33,34)(H,35,36). The topological polar surface area (TPSA) is 216 Å². The van der Waals surface area contributed by atoms with Crippen molar-refractivity contribution >= 4 is 41.2 Å². The minimum absolute atomic E-state index is 0.0472. The molecule has 0 aromatic heterocycles. The van der Waals surface area contributed by atoms with Gasteiger partial charge in [-0.15, -0.1) is 0 Å². The molecule has 210 valence electrons. The number of aliphatic hydroxyl groups excluding tert-OH is 1. The highest BCUT2D eigenvalue weighted by molar-refractivity contribution is 6.01. The van der Waals surface area contributed by atoms with Gasteiger partial charge in [0.05, 0.1) is 19.2 Å². The van der Waals surface area contributed by atoms with Gasteiger partial charge in [0.15, 0.2) is 5.78 Å². The van der Waals surface area contributed by atoms with Crippen molar-refractivity contribution in [3.05, 3.63) is 0 Å². The fourth-order valence-electron chi connectivity index (χ4n) is 3.59. The predicted molar refractivity (Wildman–Crippen MR) is 130 cm³/mol. The third kappa shape index (κ3) is 12.4. The number of hydrogen-bond donors (Lipinski definition) is 6. The molecule has 0 saturated carbocycles. The molecular weight excluding hydrogens is 490 g/mol. The van der Waals surface area contributed by atoms with Crippen LogP contribution in [0.1, 0.15) is 73.1 Å². The number of nitrogens with one attached hydrogen (secondary N) is 3. The molecule has 0 heterocycles. The molecule has 0 spiro atoms. The van der Waals surface area contributed by atoms with Gasteiger partial charge in [-0.25, -0.2) is 9.59 Å².